The van der Waals surface area contributed by atoms with Crippen LogP contribution in [0, 0.1) is 11.6 Å². The fourth-order valence-corrected chi connectivity index (χ4v) is 0.835. The molecule has 0 aliphatic heterocycles. The lowest BCUT2D eigenvalue weighted by Gasteiger charge is -2.09. The van der Waals surface area contributed by atoms with Gasteiger partial charge >= 0.3 is 0 Å². The van der Waals surface area contributed by atoms with Crippen molar-refractivity contribution in [1.29, 1.82) is 0 Å². The smallest absolute Gasteiger partial charge is 0.190 e. The summed E-state index contributed by atoms with van der Waals surface area (Å²) in [7, 11) is 0. The van der Waals surface area contributed by atoms with E-state index in [9.17, 15) is 8.78 Å². The molecule has 5 heteroatoms. The molecule has 1 atom stereocenters. The molecule has 0 heterocycles. The van der Waals surface area contributed by atoms with E-state index in [1.807, 2.05) is 0 Å². The standard InChI is InChI=1S/C9H11F2NO.ClH/c1-6(12)5-13-9-7(10)3-2-4-8(9)11;/h2-4,6H,5,12H2,1H3;1H/t6-;/m0./s1. The maximum atomic E-state index is 12.9. The first-order valence-corrected chi connectivity index (χ1v) is 3.93. The molecular weight excluding hydrogens is 212 g/mol. The molecule has 1 aromatic rings. The molecule has 0 aliphatic rings. The number of para-hydroxylation sites is 1. The van der Waals surface area contributed by atoms with Crippen LogP contribution in [0.1, 0.15) is 6.92 Å². The van der Waals surface area contributed by atoms with E-state index in [1.54, 1.807) is 6.92 Å². The van der Waals surface area contributed by atoms with E-state index in [2.05, 4.69) is 0 Å². The Hall–Kier alpha value is -0.870. The Labute approximate surface area is 87.5 Å². The highest BCUT2D eigenvalue weighted by atomic mass is 35.5. The molecule has 14 heavy (non-hydrogen) atoms. The summed E-state index contributed by atoms with van der Waals surface area (Å²) in [5.41, 5.74) is 5.37. The maximum Gasteiger partial charge on any atom is 0.190 e. The van der Waals surface area contributed by atoms with Gasteiger partial charge in [0.05, 0.1) is 0 Å². The topological polar surface area (TPSA) is 35.2 Å². The summed E-state index contributed by atoms with van der Waals surface area (Å²) in [5, 5.41) is 0. The highest BCUT2D eigenvalue weighted by Gasteiger charge is 2.09. The van der Waals surface area contributed by atoms with Crippen LogP contribution in [-0.4, -0.2) is 12.6 Å². The van der Waals surface area contributed by atoms with E-state index in [4.69, 9.17) is 10.5 Å². The summed E-state index contributed by atoms with van der Waals surface area (Å²) in [4.78, 5) is 0. The molecule has 0 saturated heterocycles. The highest BCUT2D eigenvalue weighted by molar-refractivity contribution is 5.85. The van der Waals surface area contributed by atoms with Gasteiger partial charge in [-0.25, -0.2) is 8.78 Å². The SMILES string of the molecule is C[C@H](N)COc1c(F)cccc1F.Cl. The van der Waals surface area contributed by atoms with Crippen molar-refractivity contribution in [3.05, 3.63) is 29.8 Å². The van der Waals surface area contributed by atoms with Crippen molar-refractivity contribution in [2.75, 3.05) is 6.61 Å². The first kappa shape index (κ1) is 13.1. The fraction of sp³-hybridized carbons (Fsp3) is 0.333. The number of nitrogens with two attached hydrogens (primary N) is 1. The van der Waals surface area contributed by atoms with E-state index >= 15 is 0 Å². The molecule has 0 aliphatic carbocycles. The lowest BCUT2D eigenvalue weighted by atomic mass is 10.3. The van der Waals surface area contributed by atoms with Crippen LogP contribution in [0.4, 0.5) is 8.78 Å². The van der Waals surface area contributed by atoms with E-state index in [0.717, 1.165) is 12.1 Å². The molecule has 2 N–H and O–H groups in total. The maximum absolute atomic E-state index is 12.9. The second-order valence-corrected chi connectivity index (χ2v) is 2.84. The summed E-state index contributed by atoms with van der Waals surface area (Å²) in [6.07, 6.45) is 0. The van der Waals surface area contributed by atoms with Crippen molar-refractivity contribution in [3.63, 3.8) is 0 Å². The number of halogens is 3. The Bertz CT molecular complexity index is 274. The van der Waals surface area contributed by atoms with Crippen LogP contribution in [-0.2, 0) is 0 Å². The third-order valence-electron chi connectivity index (χ3n) is 1.41. The molecule has 2 nitrogen and oxygen atoms in total. The van der Waals surface area contributed by atoms with Crippen molar-refractivity contribution < 1.29 is 13.5 Å². The van der Waals surface area contributed by atoms with Gasteiger partial charge in [0, 0.05) is 6.04 Å². The molecule has 0 radical (unpaired) electrons. The second kappa shape index (κ2) is 5.78. The van der Waals surface area contributed by atoms with Crippen molar-refractivity contribution in [3.8, 4) is 5.75 Å². The quantitative estimate of drug-likeness (QED) is 0.852. The van der Waals surface area contributed by atoms with Gasteiger partial charge in [-0.1, -0.05) is 6.07 Å². The van der Waals surface area contributed by atoms with E-state index < -0.39 is 11.6 Å². The number of benzene rings is 1. The van der Waals surface area contributed by atoms with Crippen LogP contribution < -0.4 is 10.5 Å². The largest absolute Gasteiger partial charge is 0.486 e. The zero-order valence-corrected chi connectivity index (χ0v) is 8.48. The average molecular weight is 224 g/mol. The Morgan fingerprint density at radius 3 is 2.29 bits per heavy atom. The minimum absolute atomic E-state index is 0. The molecule has 0 unspecified atom stereocenters. The van der Waals surface area contributed by atoms with Gasteiger partial charge in [-0.2, -0.15) is 0 Å². The van der Waals surface area contributed by atoms with Gasteiger partial charge in [0.15, 0.2) is 17.4 Å². The molecule has 0 spiro atoms. The molecule has 0 saturated carbocycles. The molecule has 1 aromatic carbocycles. The van der Waals surface area contributed by atoms with Crippen LogP contribution in [0.15, 0.2) is 18.2 Å². The van der Waals surface area contributed by atoms with Crippen LogP contribution in [0.25, 0.3) is 0 Å². The van der Waals surface area contributed by atoms with Gasteiger partial charge in [0.25, 0.3) is 0 Å². The Balaban J connectivity index is 0.00000169. The zero-order valence-electron chi connectivity index (χ0n) is 7.67. The normalized spacial score (nSPS) is 11.7. The van der Waals surface area contributed by atoms with Crippen molar-refractivity contribution >= 4 is 12.4 Å². The first-order valence-electron chi connectivity index (χ1n) is 3.93. The van der Waals surface area contributed by atoms with Gasteiger partial charge < -0.3 is 10.5 Å². The number of hydrogen-bond acceptors (Lipinski definition) is 2. The number of hydrogen-bond donors (Lipinski definition) is 1. The summed E-state index contributed by atoms with van der Waals surface area (Å²) in [5.74, 6) is -1.78. The molecule has 0 fully saturated rings. The molecule has 0 amide bonds. The average Bonchev–Trinajstić information content (AvgIpc) is 2.03. The molecule has 80 valence electrons. The van der Waals surface area contributed by atoms with E-state index in [1.165, 1.54) is 6.07 Å². The lowest BCUT2D eigenvalue weighted by molar-refractivity contribution is 0.268. The van der Waals surface area contributed by atoms with Gasteiger partial charge in [-0.15, -0.1) is 12.4 Å². The molecule has 0 bridgehead atoms. The number of ether oxygens (including phenoxy) is 1. The summed E-state index contributed by atoms with van der Waals surface area (Å²) in [6, 6.07) is 3.31. The van der Waals surface area contributed by atoms with Gasteiger partial charge in [-0.3, -0.25) is 0 Å². The van der Waals surface area contributed by atoms with Crippen molar-refractivity contribution in [1.82, 2.24) is 0 Å². The zero-order chi connectivity index (χ0) is 9.84. The third-order valence-corrected chi connectivity index (χ3v) is 1.41. The van der Waals surface area contributed by atoms with E-state index in [-0.39, 0.29) is 30.8 Å². The molecule has 1 rings (SSSR count). The van der Waals surface area contributed by atoms with Crippen LogP contribution in [0.5, 0.6) is 5.75 Å². The Kier molecular flexibility index (Phi) is 5.42. The first-order chi connectivity index (χ1) is 6.11. The predicted octanol–water partition coefficient (Wildman–Crippen LogP) is 2.11. The summed E-state index contributed by atoms with van der Waals surface area (Å²) < 4.78 is 30.6. The predicted molar refractivity (Wildman–Crippen MR) is 52.8 cm³/mol. The minimum Gasteiger partial charge on any atom is -0.486 e. The van der Waals surface area contributed by atoms with Gasteiger partial charge in [0.2, 0.25) is 0 Å². The highest BCUT2D eigenvalue weighted by Crippen LogP contribution is 2.20. The Morgan fingerprint density at radius 2 is 1.86 bits per heavy atom. The van der Waals surface area contributed by atoms with Crippen LogP contribution in [0.3, 0.4) is 0 Å². The summed E-state index contributed by atoms with van der Waals surface area (Å²) >= 11 is 0. The van der Waals surface area contributed by atoms with Crippen molar-refractivity contribution in [2.45, 2.75) is 13.0 Å². The monoisotopic (exact) mass is 223 g/mol. The molecular formula is C9H12ClF2NO. The summed E-state index contributed by atoms with van der Waals surface area (Å²) in [6.45, 7) is 1.79. The van der Waals surface area contributed by atoms with Crippen LogP contribution >= 0.6 is 12.4 Å². The third kappa shape index (κ3) is 3.47. The second-order valence-electron chi connectivity index (χ2n) is 2.84. The minimum atomic E-state index is -0.708. The van der Waals surface area contributed by atoms with Gasteiger partial charge in [-0.05, 0) is 19.1 Å². The number of rotatable bonds is 3. The Morgan fingerprint density at radius 1 is 1.36 bits per heavy atom. The van der Waals surface area contributed by atoms with Crippen molar-refractivity contribution in [2.24, 2.45) is 5.73 Å². The van der Waals surface area contributed by atoms with E-state index in [0.29, 0.717) is 0 Å². The van der Waals surface area contributed by atoms with Gasteiger partial charge in [0.1, 0.15) is 6.61 Å². The molecule has 0 aromatic heterocycles. The van der Waals surface area contributed by atoms with Crippen LogP contribution in [0.2, 0.25) is 0 Å². The fourth-order valence-electron chi connectivity index (χ4n) is 0.835. The lowest BCUT2D eigenvalue weighted by Crippen LogP contribution is -2.24.